The van der Waals surface area contributed by atoms with Gasteiger partial charge in [0.15, 0.2) is 0 Å². The van der Waals surface area contributed by atoms with Crippen LogP contribution >= 0.6 is 0 Å². The van der Waals surface area contributed by atoms with Gasteiger partial charge in [-0.25, -0.2) is 4.79 Å². The maximum atomic E-state index is 12.1. The molecular formula is C15H22N2O2. The lowest BCUT2D eigenvalue weighted by molar-refractivity contribution is 0.169. The Bertz CT molecular complexity index is 434. The van der Waals surface area contributed by atoms with E-state index in [2.05, 4.69) is 12.2 Å². The third-order valence-corrected chi connectivity index (χ3v) is 3.52. The predicted octanol–water partition coefficient (Wildman–Crippen LogP) is 2.64. The zero-order valence-electron chi connectivity index (χ0n) is 11.7. The van der Waals surface area contributed by atoms with Gasteiger partial charge in [-0.1, -0.05) is 19.1 Å². The smallest absolute Gasteiger partial charge is 0.317 e. The number of nitrogens with zero attached hydrogens (tertiary/aromatic N) is 1. The SMILES string of the molecule is COc1cccc(CNC(=O)N2CCCC(C)C2)c1. The first-order valence-corrected chi connectivity index (χ1v) is 6.84. The normalized spacial score (nSPS) is 19.1. The Hall–Kier alpha value is -1.71. The standard InChI is InChI=1S/C15H22N2O2/c1-12-5-4-8-17(11-12)15(18)16-10-13-6-3-7-14(9-13)19-2/h3,6-7,9,12H,4-5,8,10-11H2,1-2H3,(H,16,18). The van der Waals surface area contributed by atoms with Crippen LogP contribution in [0.2, 0.25) is 0 Å². The molecule has 2 rings (SSSR count). The number of likely N-dealkylation sites (tertiary alicyclic amines) is 1. The van der Waals surface area contributed by atoms with E-state index in [1.165, 1.54) is 6.42 Å². The van der Waals surface area contributed by atoms with Gasteiger partial charge in [-0.3, -0.25) is 0 Å². The van der Waals surface area contributed by atoms with Crippen LogP contribution in [0.3, 0.4) is 0 Å². The summed E-state index contributed by atoms with van der Waals surface area (Å²) in [5.41, 5.74) is 1.05. The van der Waals surface area contributed by atoms with Gasteiger partial charge in [-0.05, 0) is 36.5 Å². The molecule has 1 aromatic rings. The number of urea groups is 1. The molecule has 1 aliphatic heterocycles. The minimum Gasteiger partial charge on any atom is -0.497 e. The van der Waals surface area contributed by atoms with Crippen molar-refractivity contribution in [2.24, 2.45) is 5.92 Å². The highest BCUT2D eigenvalue weighted by Crippen LogP contribution is 2.16. The molecule has 1 unspecified atom stereocenters. The van der Waals surface area contributed by atoms with Gasteiger partial charge in [-0.15, -0.1) is 0 Å². The minimum absolute atomic E-state index is 0.0365. The summed E-state index contributed by atoms with van der Waals surface area (Å²) in [5.74, 6) is 1.43. The van der Waals surface area contributed by atoms with Crippen molar-refractivity contribution in [3.8, 4) is 5.75 Å². The van der Waals surface area contributed by atoms with E-state index in [4.69, 9.17) is 4.74 Å². The van der Waals surface area contributed by atoms with Gasteiger partial charge < -0.3 is 15.0 Å². The fourth-order valence-corrected chi connectivity index (χ4v) is 2.45. The second kappa shape index (κ2) is 6.45. The van der Waals surface area contributed by atoms with E-state index in [0.717, 1.165) is 30.8 Å². The van der Waals surface area contributed by atoms with Crippen molar-refractivity contribution in [2.75, 3.05) is 20.2 Å². The third kappa shape index (κ3) is 3.88. The Balaban J connectivity index is 1.85. The number of amides is 2. The van der Waals surface area contributed by atoms with Crippen molar-refractivity contribution in [1.29, 1.82) is 0 Å². The molecule has 0 aliphatic carbocycles. The Morgan fingerprint density at radius 2 is 2.37 bits per heavy atom. The fourth-order valence-electron chi connectivity index (χ4n) is 2.45. The molecule has 1 aliphatic rings. The molecule has 4 heteroatoms. The van der Waals surface area contributed by atoms with E-state index in [1.54, 1.807) is 7.11 Å². The lowest BCUT2D eigenvalue weighted by Gasteiger charge is -2.30. The number of methoxy groups -OCH3 is 1. The molecule has 1 atom stereocenters. The molecule has 0 spiro atoms. The lowest BCUT2D eigenvalue weighted by Crippen LogP contribution is -2.44. The molecule has 1 N–H and O–H groups in total. The number of hydrogen-bond donors (Lipinski definition) is 1. The molecule has 1 aromatic carbocycles. The maximum Gasteiger partial charge on any atom is 0.317 e. The third-order valence-electron chi connectivity index (χ3n) is 3.52. The fraction of sp³-hybridized carbons (Fsp3) is 0.533. The van der Waals surface area contributed by atoms with Gasteiger partial charge in [0.05, 0.1) is 7.11 Å². The van der Waals surface area contributed by atoms with Gasteiger partial charge in [0.2, 0.25) is 0 Å². The molecule has 0 bridgehead atoms. The maximum absolute atomic E-state index is 12.1. The first-order chi connectivity index (χ1) is 9.19. The molecule has 4 nitrogen and oxygen atoms in total. The van der Waals surface area contributed by atoms with Crippen LogP contribution in [-0.4, -0.2) is 31.1 Å². The number of carbonyl (C=O) groups excluding carboxylic acids is 1. The van der Waals surface area contributed by atoms with Crippen LogP contribution in [0.5, 0.6) is 5.75 Å². The lowest BCUT2D eigenvalue weighted by atomic mass is 10.0. The number of rotatable bonds is 3. The van der Waals surface area contributed by atoms with Crippen LogP contribution in [0, 0.1) is 5.92 Å². The molecule has 104 valence electrons. The van der Waals surface area contributed by atoms with Crippen LogP contribution in [0.25, 0.3) is 0 Å². The zero-order chi connectivity index (χ0) is 13.7. The number of carbonyl (C=O) groups is 1. The van der Waals surface area contributed by atoms with E-state index < -0.39 is 0 Å². The number of hydrogen-bond acceptors (Lipinski definition) is 2. The topological polar surface area (TPSA) is 41.6 Å². The largest absolute Gasteiger partial charge is 0.497 e. The van der Waals surface area contributed by atoms with E-state index in [0.29, 0.717) is 12.5 Å². The molecular weight excluding hydrogens is 240 g/mol. The molecule has 1 saturated heterocycles. The summed E-state index contributed by atoms with van der Waals surface area (Å²) in [6.07, 6.45) is 2.33. The van der Waals surface area contributed by atoms with Gasteiger partial charge in [0.25, 0.3) is 0 Å². The Kier molecular flexibility index (Phi) is 4.66. The van der Waals surface area contributed by atoms with Crippen LogP contribution in [0.4, 0.5) is 4.79 Å². The summed E-state index contributed by atoms with van der Waals surface area (Å²) in [5, 5.41) is 2.97. The van der Waals surface area contributed by atoms with Crippen LogP contribution < -0.4 is 10.1 Å². The molecule has 0 radical (unpaired) electrons. The van der Waals surface area contributed by atoms with Crippen molar-refractivity contribution in [2.45, 2.75) is 26.3 Å². The van der Waals surface area contributed by atoms with E-state index >= 15 is 0 Å². The monoisotopic (exact) mass is 262 g/mol. The Morgan fingerprint density at radius 3 is 3.11 bits per heavy atom. The number of nitrogens with one attached hydrogen (secondary N) is 1. The Morgan fingerprint density at radius 1 is 1.53 bits per heavy atom. The highest BCUT2D eigenvalue weighted by molar-refractivity contribution is 5.74. The van der Waals surface area contributed by atoms with Crippen LogP contribution in [-0.2, 0) is 6.54 Å². The summed E-state index contributed by atoms with van der Waals surface area (Å²) < 4.78 is 5.17. The summed E-state index contributed by atoms with van der Waals surface area (Å²) in [6.45, 7) is 4.47. The van der Waals surface area contributed by atoms with Gasteiger partial charge in [-0.2, -0.15) is 0 Å². The second-order valence-corrected chi connectivity index (χ2v) is 5.20. The first kappa shape index (κ1) is 13.7. The highest BCUT2D eigenvalue weighted by atomic mass is 16.5. The van der Waals surface area contributed by atoms with Crippen molar-refractivity contribution >= 4 is 6.03 Å². The van der Waals surface area contributed by atoms with Crippen molar-refractivity contribution in [1.82, 2.24) is 10.2 Å². The van der Waals surface area contributed by atoms with Crippen molar-refractivity contribution < 1.29 is 9.53 Å². The molecule has 2 amide bonds. The number of benzene rings is 1. The minimum atomic E-state index is 0.0365. The van der Waals surface area contributed by atoms with Crippen LogP contribution in [0.15, 0.2) is 24.3 Å². The van der Waals surface area contributed by atoms with Crippen molar-refractivity contribution in [3.63, 3.8) is 0 Å². The van der Waals surface area contributed by atoms with Gasteiger partial charge in [0, 0.05) is 19.6 Å². The summed E-state index contributed by atoms with van der Waals surface area (Å²) in [7, 11) is 1.65. The quantitative estimate of drug-likeness (QED) is 0.910. The number of piperidine rings is 1. The van der Waals surface area contributed by atoms with Gasteiger partial charge in [0.1, 0.15) is 5.75 Å². The second-order valence-electron chi connectivity index (χ2n) is 5.20. The zero-order valence-corrected chi connectivity index (χ0v) is 11.7. The molecule has 19 heavy (non-hydrogen) atoms. The van der Waals surface area contributed by atoms with Crippen molar-refractivity contribution in [3.05, 3.63) is 29.8 Å². The average molecular weight is 262 g/mol. The molecule has 1 heterocycles. The molecule has 0 aromatic heterocycles. The van der Waals surface area contributed by atoms with E-state index in [1.807, 2.05) is 29.2 Å². The highest BCUT2D eigenvalue weighted by Gasteiger charge is 2.20. The number of ether oxygens (including phenoxy) is 1. The Labute approximate surface area is 114 Å². The molecule has 1 fully saturated rings. The predicted molar refractivity (Wildman–Crippen MR) is 75.2 cm³/mol. The van der Waals surface area contributed by atoms with E-state index in [9.17, 15) is 4.79 Å². The van der Waals surface area contributed by atoms with Crippen LogP contribution in [0.1, 0.15) is 25.3 Å². The summed E-state index contributed by atoms with van der Waals surface area (Å²) in [4.78, 5) is 14.0. The average Bonchev–Trinajstić information content (AvgIpc) is 2.45. The summed E-state index contributed by atoms with van der Waals surface area (Å²) >= 11 is 0. The van der Waals surface area contributed by atoms with Gasteiger partial charge >= 0.3 is 6.03 Å². The van der Waals surface area contributed by atoms with E-state index in [-0.39, 0.29) is 6.03 Å². The first-order valence-electron chi connectivity index (χ1n) is 6.84. The molecule has 0 saturated carbocycles. The summed E-state index contributed by atoms with van der Waals surface area (Å²) in [6, 6.07) is 7.80.